The van der Waals surface area contributed by atoms with Gasteiger partial charge in [-0.25, -0.2) is 10.1 Å². The molecule has 0 aliphatic carbocycles. The number of nitrogens with one attached hydrogen (secondary N) is 1. The molecule has 0 spiro atoms. The van der Waals surface area contributed by atoms with Gasteiger partial charge in [0.05, 0.1) is 21.9 Å². The number of hydrogen-bond donors (Lipinski definition) is 1. The van der Waals surface area contributed by atoms with Crippen molar-refractivity contribution in [2.24, 2.45) is 5.10 Å². The number of aryl methyl sites for hydroxylation is 1. The largest absolute Gasteiger partial charge is 0.250 e. The van der Waals surface area contributed by atoms with E-state index in [1.54, 1.807) is 35.8 Å². The molecule has 0 radical (unpaired) electrons. The van der Waals surface area contributed by atoms with Crippen molar-refractivity contribution in [2.75, 3.05) is 0 Å². The second-order valence-electron chi connectivity index (χ2n) is 4.32. The van der Waals surface area contributed by atoms with Gasteiger partial charge in [0.2, 0.25) is 4.77 Å². The Morgan fingerprint density at radius 1 is 1.41 bits per heavy atom. The summed E-state index contributed by atoms with van der Waals surface area (Å²) in [6.07, 6.45) is 1.63. The number of rotatable bonds is 3. The zero-order chi connectivity index (χ0) is 15.7. The van der Waals surface area contributed by atoms with Crippen molar-refractivity contribution in [3.05, 3.63) is 49.1 Å². The van der Waals surface area contributed by atoms with Crippen molar-refractivity contribution in [1.82, 2.24) is 19.9 Å². The first-order chi connectivity index (χ1) is 10.5. The molecule has 3 rings (SSSR count). The summed E-state index contributed by atoms with van der Waals surface area (Å²) in [5.41, 5.74) is 1.45. The Kier molecular flexibility index (Phi) is 4.39. The van der Waals surface area contributed by atoms with E-state index in [1.165, 1.54) is 4.68 Å². The van der Waals surface area contributed by atoms with Crippen molar-refractivity contribution >= 4 is 53.0 Å². The van der Waals surface area contributed by atoms with Gasteiger partial charge < -0.3 is 0 Å². The minimum Gasteiger partial charge on any atom is -0.250 e. The highest BCUT2D eigenvalue weighted by molar-refractivity contribution is 7.71. The van der Waals surface area contributed by atoms with Gasteiger partial charge >= 0.3 is 0 Å². The van der Waals surface area contributed by atoms with Gasteiger partial charge in [0.1, 0.15) is 0 Å². The predicted molar refractivity (Wildman–Crippen MR) is 92.7 cm³/mol. The summed E-state index contributed by atoms with van der Waals surface area (Å²) in [6.45, 7) is 1.93. The average molecular weight is 370 g/mol. The normalized spacial score (nSPS) is 11.4. The van der Waals surface area contributed by atoms with Gasteiger partial charge in [-0.1, -0.05) is 23.2 Å². The molecule has 22 heavy (non-hydrogen) atoms. The van der Waals surface area contributed by atoms with Crippen LogP contribution in [0.15, 0.2) is 28.7 Å². The SMILES string of the molecule is Cc1nc(/C=N/n2c(-c3ccc(Cl)cc3Cl)n[nH]c2=S)cs1. The second kappa shape index (κ2) is 6.29. The number of H-pyrrole nitrogens is 1. The lowest BCUT2D eigenvalue weighted by atomic mass is 10.2. The maximum Gasteiger partial charge on any atom is 0.216 e. The third-order valence-electron chi connectivity index (χ3n) is 2.76. The fourth-order valence-corrected chi connectivity index (χ4v) is 3.04. The topological polar surface area (TPSA) is 58.9 Å². The molecule has 0 unspecified atom stereocenters. The maximum absolute atomic E-state index is 6.22. The highest BCUT2D eigenvalue weighted by Gasteiger charge is 2.12. The summed E-state index contributed by atoms with van der Waals surface area (Å²) in [6, 6.07) is 5.15. The number of hydrogen-bond acceptors (Lipinski definition) is 5. The van der Waals surface area contributed by atoms with Crippen LogP contribution in [-0.4, -0.2) is 26.1 Å². The molecule has 0 fully saturated rings. The molecule has 1 N–H and O–H groups in total. The number of halogens is 2. The molecule has 2 aromatic heterocycles. The summed E-state index contributed by atoms with van der Waals surface area (Å²) in [5, 5.41) is 15.1. The smallest absolute Gasteiger partial charge is 0.216 e. The minimum atomic E-state index is 0.365. The van der Waals surface area contributed by atoms with E-state index >= 15 is 0 Å². The van der Waals surface area contributed by atoms with E-state index in [0.717, 1.165) is 10.7 Å². The van der Waals surface area contributed by atoms with Crippen LogP contribution >= 0.6 is 46.8 Å². The van der Waals surface area contributed by atoms with Crippen LogP contribution in [0.4, 0.5) is 0 Å². The van der Waals surface area contributed by atoms with Crippen molar-refractivity contribution in [3.63, 3.8) is 0 Å². The molecule has 112 valence electrons. The van der Waals surface area contributed by atoms with Gasteiger partial charge in [0, 0.05) is 16.0 Å². The van der Waals surface area contributed by atoms with Crippen LogP contribution in [-0.2, 0) is 0 Å². The van der Waals surface area contributed by atoms with Crippen LogP contribution in [0.1, 0.15) is 10.7 Å². The molecule has 2 heterocycles. The lowest BCUT2D eigenvalue weighted by Gasteiger charge is -2.03. The summed E-state index contributed by atoms with van der Waals surface area (Å²) < 4.78 is 1.86. The zero-order valence-corrected chi connectivity index (χ0v) is 14.4. The highest BCUT2D eigenvalue weighted by Crippen LogP contribution is 2.29. The van der Waals surface area contributed by atoms with Crippen LogP contribution in [0.3, 0.4) is 0 Å². The maximum atomic E-state index is 6.22. The first-order valence-corrected chi connectivity index (χ1v) is 8.18. The van der Waals surface area contributed by atoms with Crippen molar-refractivity contribution in [2.45, 2.75) is 6.92 Å². The van der Waals surface area contributed by atoms with Gasteiger partial charge in [-0.2, -0.15) is 14.9 Å². The lowest BCUT2D eigenvalue weighted by Crippen LogP contribution is -1.95. The molecular weight excluding hydrogens is 361 g/mol. The number of benzene rings is 1. The Hall–Kier alpha value is -1.54. The van der Waals surface area contributed by atoms with E-state index in [0.29, 0.717) is 26.2 Å². The van der Waals surface area contributed by atoms with E-state index in [4.69, 9.17) is 35.4 Å². The standard InChI is InChI=1S/C13H9Cl2N5S2/c1-7-17-9(6-22-7)5-16-20-12(18-19-13(20)21)10-3-2-8(14)4-11(10)15/h2-6H,1H3,(H,19,21)/b16-5+. The Morgan fingerprint density at radius 2 is 2.23 bits per heavy atom. The average Bonchev–Trinajstić information content (AvgIpc) is 3.03. The van der Waals surface area contributed by atoms with Gasteiger partial charge in [0.15, 0.2) is 5.82 Å². The second-order valence-corrected chi connectivity index (χ2v) is 6.62. The quantitative estimate of drug-likeness (QED) is 0.543. The number of thiazole rings is 1. The predicted octanol–water partition coefficient (Wildman–Crippen LogP) is 4.56. The van der Waals surface area contributed by atoms with E-state index in [1.807, 2.05) is 12.3 Å². The van der Waals surface area contributed by atoms with Gasteiger partial charge in [-0.15, -0.1) is 11.3 Å². The minimum absolute atomic E-state index is 0.365. The molecule has 0 amide bonds. The zero-order valence-electron chi connectivity index (χ0n) is 11.2. The van der Waals surface area contributed by atoms with Gasteiger partial charge in [0.25, 0.3) is 0 Å². The molecule has 0 saturated carbocycles. The molecular formula is C13H9Cl2N5S2. The fourth-order valence-electron chi connectivity index (χ4n) is 1.80. The summed E-state index contributed by atoms with van der Waals surface area (Å²) >= 11 is 18.9. The third-order valence-corrected chi connectivity index (χ3v) is 4.37. The van der Waals surface area contributed by atoms with E-state index in [-0.39, 0.29) is 0 Å². The molecule has 0 aliphatic rings. The first kappa shape index (κ1) is 15.4. The van der Waals surface area contributed by atoms with Crippen LogP contribution in [0.2, 0.25) is 10.0 Å². The Labute approximate surface area is 145 Å². The first-order valence-electron chi connectivity index (χ1n) is 6.14. The summed E-state index contributed by atoms with van der Waals surface area (Å²) in [4.78, 5) is 4.32. The Bertz CT molecular complexity index is 909. The Balaban J connectivity index is 2.04. The van der Waals surface area contributed by atoms with E-state index in [2.05, 4.69) is 20.3 Å². The molecule has 0 aliphatic heterocycles. The number of aromatic amines is 1. The summed E-state index contributed by atoms with van der Waals surface area (Å²) in [5.74, 6) is 0.509. The van der Waals surface area contributed by atoms with Crippen molar-refractivity contribution in [1.29, 1.82) is 0 Å². The molecule has 1 aromatic carbocycles. The van der Waals surface area contributed by atoms with Crippen LogP contribution < -0.4 is 0 Å². The number of aromatic nitrogens is 4. The van der Waals surface area contributed by atoms with Gasteiger partial charge in [-0.3, -0.25) is 0 Å². The monoisotopic (exact) mass is 369 g/mol. The van der Waals surface area contributed by atoms with Crippen LogP contribution in [0.5, 0.6) is 0 Å². The lowest BCUT2D eigenvalue weighted by molar-refractivity contribution is 0.871. The molecule has 9 heteroatoms. The van der Waals surface area contributed by atoms with Crippen LogP contribution in [0, 0.1) is 11.7 Å². The van der Waals surface area contributed by atoms with E-state index in [9.17, 15) is 0 Å². The Morgan fingerprint density at radius 3 is 2.91 bits per heavy atom. The molecule has 3 aromatic rings. The highest BCUT2D eigenvalue weighted by atomic mass is 35.5. The van der Waals surface area contributed by atoms with Crippen molar-refractivity contribution < 1.29 is 0 Å². The summed E-state index contributed by atoms with van der Waals surface area (Å²) in [7, 11) is 0. The third kappa shape index (κ3) is 3.12. The molecule has 0 bridgehead atoms. The molecule has 5 nitrogen and oxygen atoms in total. The van der Waals surface area contributed by atoms with Crippen LogP contribution in [0.25, 0.3) is 11.4 Å². The molecule has 0 saturated heterocycles. The fraction of sp³-hybridized carbons (Fsp3) is 0.0769. The number of nitrogens with zero attached hydrogens (tertiary/aromatic N) is 4. The molecule has 0 atom stereocenters. The van der Waals surface area contributed by atoms with Gasteiger partial charge in [-0.05, 0) is 37.3 Å². The van der Waals surface area contributed by atoms with Crippen molar-refractivity contribution in [3.8, 4) is 11.4 Å². The van der Waals surface area contributed by atoms with E-state index < -0.39 is 0 Å².